The van der Waals surface area contributed by atoms with Gasteiger partial charge in [-0.1, -0.05) is 0 Å². The van der Waals surface area contributed by atoms with Gasteiger partial charge in [-0.05, 0) is 49.8 Å². The van der Waals surface area contributed by atoms with Gasteiger partial charge < -0.3 is 10.6 Å². The molecule has 0 aromatic carbocycles. The average Bonchev–Trinajstić information content (AvgIpc) is 3.26. The molecule has 3 heterocycles. The summed E-state index contributed by atoms with van der Waals surface area (Å²) in [5, 5.41) is 0. The molecule has 2 aromatic heterocycles. The molecule has 1 spiro atoms. The van der Waals surface area contributed by atoms with Crippen LogP contribution in [0.3, 0.4) is 0 Å². The lowest BCUT2D eigenvalue weighted by molar-refractivity contribution is 0.0730. The minimum Gasteiger partial charge on any atom is -0.332 e. The molecule has 1 saturated carbocycles. The normalized spacial score (nSPS) is 21.2. The zero-order valence-corrected chi connectivity index (χ0v) is 13.8. The van der Waals surface area contributed by atoms with Crippen molar-refractivity contribution in [2.45, 2.75) is 32.2 Å². The van der Waals surface area contributed by atoms with Crippen molar-refractivity contribution < 1.29 is 4.79 Å². The number of aryl methyl sites for hydroxylation is 1. The summed E-state index contributed by atoms with van der Waals surface area (Å²) in [7, 11) is 0. The summed E-state index contributed by atoms with van der Waals surface area (Å²) in [5.74, 6) is 0.471. The first kappa shape index (κ1) is 15.2. The monoisotopic (exact) mass is 323 g/mol. The van der Waals surface area contributed by atoms with E-state index in [1.165, 1.54) is 12.8 Å². The molecule has 4 rings (SSSR count). The first-order valence-corrected chi connectivity index (χ1v) is 8.38. The van der Waals surface area contributed by atoms with E-state index in [-0.39, 0.29) is 11.9 Å². The summed E-state index contributed by atoms with van der Waals surface area (Å²) in [6.45, 7) is 3.17. The number of carbonyl (C=O) groups excluding carboxylic acids is 1. The van der Waals surface area contributed by atoms with Crippen LogP contribution >= 0.6 is 0 Å². The smallest absolute Gasteiger partial charge is 0.273 e. The summed E-state index contributed by atoms with van der Waals surface area (Å²) in [6.07, 6.45) is 6.76. The number of hydrogen-bond acceptors (Lipinski definition) is 5. The molecule has 1 atom stereocenters. The van der Waals surface area contributed by atoms with E-state index in [1.807, 2.05) is 24.0 Å². The molecule has 2 N–H and O–H groups in total. The molecule has 0 unspecified atom stereocenters. The summed E-state index contributed by atoms with van der Waals surface area (Å²) in [5.41, 5.74) is 8.16. The molecule has 1 amide bonds. The number of hydrogen-bond donors (Lipinski definition) is 1. The highest BCUT2D eigenvalue weighted by Gasteiger charge is 2.53. The van der Waals surface area contributed by atoms with E-state index in [1.54, 1.807) is 18.5 Å². The van der Waals surface area contributed by atoms with Gasteiger partial charge in [0, 0.05) is 37.2 Å². The van der Waals surface area contributed by atoms with Gasteiger partial charge >= 0.3 is 0 Å². The molecule has 6 heteroatoms. The first-order valence-electron chi connectivity index (χ1n) is 8.38. The molecule has 1 aliphatic carbocycles. The van der Waals surface area contributed by atoms with Crippen molar-refractivity contribution in [2.75, 3.05) is 13.1 Å². The van der Waals surface area contributed by atoms with Crippen LogP contribution in [-0.4, -0.2) is 44.9 Å². The largest absolute Gasteiger partial charge is 0.332 e. The van der Waals surface area contributed by atoms with Gasteiger partial charge in [-0.2, -0.15) is 0 Å². The second-order valence-corrected chi connectivity index (χ2v) is 6.95. The Morgan fingerprint density at radius 2 is 2.08 bits per heavy atom. The van der Waals surface area contributed by atoms with Crippen LogP contribution in [0.4, 0.5) is 0 Å². The molecule has 0 radical (unpaired) electrons. The highest BCUT2D eigenvalue weighted by Crippen LogP contribution is 2.54. The number of nitrogens with zero attached hydrogens (tertiary/aromatic N) is 4. The molecule has 1 saturated heterocycles. The second kappa shape index (κ2) is 5.63. The quantitative estimate of drug-likeness (QED) is 0.931. The van der Waals surface area contributed by atoms with E-state index < -0.39 is 0 Å². The van der Waals surface area contributed by atoms with Crippen molar-refractivity contribution in [3.63, 3.8) is 0 Å². The zero-order valence-electron chi connectivity index (χ0n) is 13.8. The van der Waals surface area contributed by atoms with E-state index in [9.17, 15) is 4.79 Å². The molecule has 0 bridgehead atoms. The lowest BCUT2D eigenvalue weighted by Crippen LogP contribution is -2.40. The van der Waals surface area contributed by atoms with E-state index in [2.05, 4.69) is 15.0 Å². The topological polar surface area (TPSA) is 85.0 Å². The molecule has 124 valence electrons. The number of nitrogens with two attached hydrogens (primary N) is 1. The molecule has 24 heavy (non-hydrogen) atoms. The van der Waals surface area contributed by atoms with Crippen molar-refractivity contribution >= 4 is 5.91 Å². The summed E-state index contributed by atoms with van der Waals surface area (Å²) < 4.78 is 0. The van der Waals surface area contributed by atoms with Crippen molar-refractivity contribution in [3.8, 4) is 11.4 Å². The van der Waals surface area contributed by atoms with Crippen molar-refractivity contribution in [2.24, 2.45) is 11.1 Å². The van der Waals surface area contributed by atoms with Gasteiger partial charge in [0.2, 0.25) is 0 Å². The Labute approximate surface area is 141 Å². The predicted molar refractivity (Wildman–Crippen MR) is 90.2 cm³/mol. The molecule has 1 aliphatic heterocycles. The molecule has 6 nitrogen and oxygen atoms in total. The number of aromatic nitrogens is 3. The van der Waals surface area contributed by atoms with Gasteiger partial charge in [0.1, 0.15) is 5.69 Å². The Morgan fingerprint density at radius 3 is 2.75 bits per heavy atom. The van der Waals surface area contributed by atoms with Gasteiger partial charge in [-0.3, -0.25) is 4.79 Å². The number of pyridine rings is 1. The van der Waals surface area contributed by atoms with E-state index in [4.69, 9.17) is 5.73 Å². The minimum atomic E-state index is -0.0552. The number of rotatable bonds is 3. The first-order chi connectivity index (χ1) is 11.6. The number of likely N-dealkylation sites (tertiary alicyclic amines) is 1. The maximum atomic E-state index is 13.2. The Hall–Kier alpha value is -2.34. The highest BCUT2D eigenvalue weighted by molar-refractivity contribution is 5.98. The van der Waals surface area contributed by atoms with Crippen LogP contribution in [0.15, 0.2) is 30.6 Å². The second-order valence-electron chi connectivity index (χ2n) is 6.95. The van der Waals surface area contributed by atoms with Crippen LogP contribution in [0.5, 0.6) is 0 Å². The average molecular weight is 323 g/mol. The Morgan fingerprint density at radius 1 is 1.33 bits per heavy atom. The summed E-state index contributed by atoms with van der Waals surface area (Å²) in [4.78, 5) is 28.2. The van der Waals surface area contributed by atoms with Crippen LogP contribution in [0.1, 0.15) is 35.4 Å². The van der Waals surface area contributed by atoms with Crippen LogP contribution in [0.2, 0.25) is 0 Å². The summed E-state index contributed by atoms with van der Waals surface area (Å²) in [6, 6.07) is 5.63. The van der Waals surface area contributed by atoms with Crippen molar-refractivity contribution in [3.05, 3.63) is 42.0 Å². The molecular formula is C18H21N5O. The molecule has 2 fully saturated rings. The number of carbonyl (C=O) groups is 1. The van der Waals surface area contributed by atoms with Crippen LogP contribution in [0.25, 0.3) is 11.4 Å². The summed E-state index contributed by atoms with van der Waals surface area (Å²) >= 11 is 0. The standard InChI is InChI=1S/C18H21N5O/c1-12-3-4-14(16-20-7-2-8-21-16)15(22-12)17(24)23-11-18(5-6-18)9-13(23)10-19/h2-4,7-8,13H,5-6,9-11,19H2,1H3/t13-/m0/s1. The van der Waals surface area contributed by atoms with Gasteiger partial charge in [0.25, 0.3) is 5.91 Å². The fourth-order valence-electron chi connectivity index (χ4n) is 3.63. The van der Waals surface area contributed by atoms with Crippen molar-refractivity contribution in [1.29, 1.82) is 0 Å². The lowest BCUT2D eigenvalue weighted by atomic mass is 10.0. The maximum absolute atomic E-state index is 13.2. The zero-order chi connectivity index (χ0) is 16.7. The molecule has 2 aliphatic rings. The third-order valence-electron chi connectivity index (χ3n) is 5.15. The Bertz CT molecular complexity index is 772. The van der Waals surface area contributed by atoms with Gasteiger partial charge in [0.15, 0.2) is 5.82 Å². The molecular weight excluding hydrogens is 302 g/mol. The Balaban J connectivity index is 1.73. The number of amides is 1. The fourth-order valence-corrected chi connectivity index (χ4v) is 3.63. The van der Waals surface area contributed by atoms with E-state index >= 15 is 0 Å². The third kappa shape index (κ3) is 2.57. The van der Waals surface area contributed by atoms with Crippen molar-refractivity contribution in [1.82, 2.24) is 19.9 Å². The van der Waals surface area contributed by atoms with Crippen LogP contribution in [-0.2, 0) is 0 Å². The predicted octanol–water partition coefficient (Wildman–Crippen LogP) is 1.80. The van der Waals surface area contributed by atoms with Gasteiger partial charge in [-0.25, -0.2) is 15.0 Å². The maximum Gasteiger partial charge on any atom is 0.273 e. The lowest BCUT2D eigenvalue weighted by Gasteiger charge is -2.24. The fraction of sp³-hybridized carbons (Fsp3) is 0.444. The highest BCUT2D eigenvalue weighted by atomic mass is 16.2. The SMILES string of the molecule is Cc1ccc(-c2ncccn2)c(C(=O)N2CC3(CC3)C[C@H]2CN)n1. The van der Waals surface area contributed by atoms with E-state index in [0.717, 1.165) is 18.7 Å². The van der Waals surface area contributed by atoms with Gasteiger partial charge in [0.05, 0.1) is 5.56 Å². The van der Waals surface area contributed by atoms with Gasteiger partial charge in [-0.15, -0.1) is 0 Å². The Kier molecular flexibility index (Phi) is 3.57. The van der Waals surface area contributed by atoms with Crippen LogP contribution < -0.4 is 5.73 Å². The van der Waals surface area contributed by atoms with Crippen LogP contribution in [0, 0.1) is 12.3 Å². The third-order valence-corrected chi connectivity index (χ3v) is 5.15. The van der Waals surface area contributed by atoms with E-state index in [0.29, 0.717) is 29.0 Å². The molecule has 2 aromatic rings. The minimum absolute atomic E-state index is 0.0552.